The number of carbonyl (C=O) groups excluding carboxylic acids is 1. The van der Waals surface area contributed by atoms with Crippen molar-refractivity contribution in [1.29, 1.82) is 0 Å². The highest BCUT2D eigenvalue weighted by Crippen LogP contribution is 2.32. The standard InChI is InChI=1S/C18H20N2O3/c1-13-3-2-4-15(9-13)20-18(21)7-8-19-11-14-5-6-16-17(10-14)23-12-22-16/h2-6,9-10,19H,7-8,11-12H2,1H3,(H,20,21). The lowest BCUT2D eigenvalue weighted by Crippen LogP contribution is -2.21. The molecule has 2 aromatic rings. The molecule has 0 unspecified atom stereocenters. The van der Waals surface area contributed by atoms with Gasteiger partial charge in [0, 0.05) is 25.2 Å². The summed E-state index contributed by atoms with van der Waals surface area (Å²) in [5.41, 5.74) is 3.07. The van der Waals surface area contributed by atoms with E-state index in [9.17, 15) is 4.79 Å². The summed E-state index contributed by atoms with van der Waals surface area (Å²) in [4.78, 5) is 11.9. The van der Waals surface area contributed by atoms with Crippen molar-refractivity contribution in [2.45, 2.75) is 19.9 Å². The summed E-state index contributed by atoms with van der Waals surface area (Å²) < 4.78 is 10.6. The van der Waals surface area contributed by atoms with Gasteiger partial charge >= 0.3 is 0 Å². The fourth-order valence-electron chi connectivity index (χ4n) is 2.43. The molecule has 0 aromatic heterocycles. The van der Waals surface area contributed by atoms with Crippen molar-refractivity contribution in [2.24, 2.45) is 0 Å². The van der Waals surface area contributed by atoms with E-state index in [0.717, 1.165) is 28.3 Å². The first-order chi connectivity index (χ1) is 11.2. The van der Waals surface area contributed by atoms with Gasteiger partial charge in [-0.1, -0.05) is 18.2 Å². The molecule has 1 aliphatic heterocycles. The number of aryl methyl sites for hydroxylation is 1. The lowest BCUT2D eigenvalue weighted by molar-refractivity contribution is -0.116. The number of benzene rings is 2. The largest absolute Gasteiger partial charge is 0.454 e. The molecule has 0 fully saturated rings. The van der Waals surface area contributed by atoms with Crippen LogP contribution in [0.3, 0.4) is 0 Å². The lowest BCUT2D eigenvalue weighted by Gasteiger charge is -2.08. The van der Waals surface area contributed by atoms with Gasteiger partial charge in [0.05, 0.1) is 0 Å². The van der Waals surface area contributed by atoms with Crippen LogP contribution >= 0.6 is 0 Å². The Labute approximate surface area is 135 Å². The maximum Gasteiger partial charge on any atom is 0.231 e. The van der Waals surface area contributed by atoms with Gasteiger partial charge in [-0.25, -0.2) is 0 Å². The minimum absolute atomic E-state index is 0.00814. The summed E-state index contributed by atoms with van der Waals surface area (Å²) >= 11 is 0. The van der Waals surface area contributed by atoms with E-state index in [0.29, 0.717) is 19.5 Å². The van der Waals surface area contributed by atoms with E-state index in [2.05, 4.69) is 10.6 Å². The van der Waals surface area contributed by atoms with Gasteiger partial charge in [-0.15, -0.1) is 0 Å². The Morgan fingerprint density at radius 1 is 1.13 bits per heavy atom. The summed E-state index contributed by atoms with van der Waals surface area (Å²) in [6.07, 6.45) is 0.429. The van der Waals surface area contributed by atoms with Crippen molar-refractivity contribution in [1.82, 2.24) is 5.32 Å². The summed E-state index contributed by atoms with van der Waals surface area (Å²) in [5, 5.41) is 6.16. The number of anilines is 1. The molecular formula is C18H20N2O3. The zero-order valence-corrected chi connectivity index (χ0v) is 13.1. The van der Waals surface area contributed by atoms with E-state index < -0.39 is 0 Å². The van der Waals surface area contributed by atoms with E-state index in [-0.39, 0.29) is 12.7 Å². The number of hydrogen-bond donors (Lipinski definition) is 2. The Kier molecular flexibility index (Phi) is 4.78. The Bertz CT molecular complexity index is 700. The third kappa shape index (κ3) is 4.23. The minimum Gasteiger partial charge on any atom is -0.454 e. The van der Waals surface area contributed by atoms with Crippen LogP contribution < -0.4 is 20.1 Å². The zero-order chi connectivity index (χ0) is 16.1. The molecule has 0 radical (unpaired) electrons. The number of fused-ring (bicyclic) bond motifs is 1. The molecule has 0 spiro atoms. The van der Waals surface area contributed by atoms with Crippen LogP contribution in [0, 0.1) is 6.92 Å². The molecule has 5 heteroatoms. The van der Waals surface area contributed by atoms with Gasteiger partial charge in [0.25, 0.3) is 0 Å². The monoisotopic (exact) mass is 312 g/mol. The molecule has 0 bridgehead atoms. The second-order valence-corrected chi connectivity index (χ2v) is 5.53. The van der Waals surface area contributed by atoms with E-state index in [1.54, 1.807) is 0 Å². The first kappa shape index (κ1) is 15.4. The molecule has 0 saturated carbocycles. The van der Waals surface area contributed by atoms with Crippen LogP contribution in [0.2, 0.25) is 0 Å². The molecule has 0 saturated heterocycles. The average molecular weight is 312 g/mol. The van der Waals surface area contributed by atoms with Crippen molar-refractivity contribution in [3.05, 3.63) is 53.6 Å². The lowest BCUT2D eigenvalue weighted by atomic mass is 10.2. The van der Waals surface area contributed by atoms with Gasteiger partial charge < -0.3 is 20.1 Å². The third-order valence-electron chi connectivity index (χ3n) is 3.60. The van der Waals surface area contributed by atoms with Gasteiger partial charge in [-0.3, -0.25) is 4.79 Å². The SMILES string of the molecule is Cc1cccc(NC(=O)CCNCc2ccc3c(c2)OCO3)c1. The van der Waals surface area contributed by atoms with Crippen molar-refractivity contribution in [2.75, 3.05) is 18.7 Å². The highest BCUT2D eigenvalue weighted by atomic mass is 16.7. The topological polar surface area (TPSA) is 59.6 Å². The molecule has 2 aromatic carbocycles. The molecule has 3 rings (SSSR count). The average Bonchev–Trinajstić information content (AvgIpc) is 2.99. The number of carbonyl (C=O) groups is 1. The molecule has 120 valence electrons. The molecule has 1 heterocycles. The van der Waals surface area contributed by atoms with Crippen LogP contribution in [0.15, 0.2) is 42.5 Å². The molecule has 23 heavy (non-hydrogen) atoms. The zero-order valence-electron chi connectivity index (χ0n) is 13.1. The van der Waals surface area contributed by atoms with Crippen molar-refractivity contribution < 1.29 is 14.3 Å². The smallest absolute Gasteiger partial charge is 0.231 e. The van der Waals surface area contributed by atoms with E-state index in [1.807, 2.05) is 49.4 Å². The van der Waals surface area contributed by atoms with Crippen molar-refractivity contribution >= 4 is 11.6 Å². The highest BCUT2D eigenvalue weighted by Gasteiger charge is 2.12. The van der Waals surface area contributed by atoms with Gasteiger partial charge in [0.15, 0.2) is 11.5 Å². The Balaban J connectivity index is 1.40. The Morgan fingerprint density at radius 2 is 2.00 bits per heavy atom. The van der Waals surface area contributed by atoms with E-state index >= 15 is 0 Å². The normalized spacial score (nSPS) is 12.2. The van der Waals surface area contributed by atoms with E-state index in [4.69, 9.17) is 9.47 Å². The maximum absolute atomic E-state index is 11.9. The number of ether oxygens (including phenoxy) is 2. The van der Waals surface area contributed by atoms with Gasteiger partial charge in [0.1, 0.15) is 0 Å². The van der Waals surface area contributed by atoms with Crippen molar-refractivity contribution in [3.63, 3.8) is 0 Å². The molecule has 0 atom stereocenters. The highest BCUT2D eigenvalue weighted by molar-refractivity contribution is 5.90. The number of nitrogens with one attached hydrogen (secondary N) is 2. The third-order valence-corrected chi connectivity index (χ3v) is 3.60. The first-order valence-electron chi connectivity index (χ1n) is 7.66. The van der Waals surface area contributed by atoms with Crippen LogP contribution in [0.5, 0.6) is 11.5 Å². The second-order valence-electron chi connectivity index (χ2n) is 5.53. The predicted octanol–water partition coefficient (Wildman–Crippen LogP) is 2.84. The summed E-state index contributed by atoms with van der Waals surface area (Å²) in [5.74, 6) is 1.57. The van der Waals surface area contributed by atoms with Crippen LogP contribution in [-0.2, 0) is 11.3 Å². The van der Waals surface area contributed by atoms with Crippen LogP contribution in [-0.4, -0.2) is 19.2 Å². The number of amides is 1. The minimum atomic E-state index is 0.00814. The quantitative estimate of drug-likeness (QED) is 0.805. The van der Waals surface area contributed by atoms with Crippen LogP contribution in [0.1, 0.15) is 17.5 Å². The Morgan fingerprint density at radius 3 is 2.87 bits per heavy atom. The molecule has 1 aliphatic rings. The van der Waals surface area contributed by atoms with Gasteiger partial charge in [0.2, 0.25) is 12.7 Å². The van der Waals surface area contributed by atoms with E-state index in [1.165, 1.54) is 0 Å². The molecule has 1 amide bonds. The summed E-state index contributed by atoms with van der Waals surface area (Å²) in [6, 6.07) is 13.6. The van der Waals surface area contributed by atoms with Gasteiger partial charge in [-0.2, -0.15) is 0 Å². The fourth-order valence-corrected chi connectivity index (χ4v) is 2.43. The van der Waals surface area contributed by atoms with Gasteiger partial charge in [-0.05, 0) is 42.3 Å². The number of rotatable bonds is 6. The van der Waals surface area contributed by atoms with Crippen molar-refractivity contribution in [3.8, 4) is 11.5 Å². The predicted molar refractivity (Wildman–Crippen MR) is 88.7 cm³/mol. The summed E-state index contributed by atoms with van der Waals surface area (Å²) in [7, 11) is 0. The second kappa shape index (κ2) is 7.15. The fraction of sp³-hybridized carbons (Fsp3) is 0.278. The number of hydrogen-bond acceptors (Lipinski definition) is 4. The van der Waals surface area contributed by atoms with Crippen LogP contribution in [0.25, 0.3) is 0 Å². The molecule has 5 nitrogen and oxygen atoms in total. The molecular weight excluding hydrogens is 292 g/mol. The summed E-state index contributed by atoms with van der Waals surface area (Å²) in [6.45, 7) is 3.59. The molecule has 2 N–H and O–H groups in total. The Hall–Kier alpha value is -2.53. The maximum atomic E-state index is 11.9. The molecule has 0 aliphatic carbocycles. The van der Waals surface area contributed by atoms with Crippen LogP contribution in [0.4, 0.5) is 5.69 Å². The first-order valence-corrected chi connectivity index (χ1v) is 7.66.